The van der Waals surface area contributed by atoms with Crippen LogP contribution in [0.5, 0.6) is 0 Å². The summed E-state index contributed by atoms with van der Waals surface area (Å²) in [6, 6.07) is 1.16. The van der Waals surface area contributed by atoms with E-state index in [2.05, 4.69) is 31.1 Å². The molecule has 1 N–H and O–H groups in total. The van der Waals surface area contributed by atoms with E-state index in [0.717, 1.165) is 25.6 Å². The molecule has 0 heterocycles. The van der Waals surface area contributed by atoms with Gasteiger partial charge in [0.2, 0.25) is 0 Å². The Morgan fingerprint density at radius 3 is 2.53 bits per heavy atom. The van der Waals surface area contributed by atoms with Crippen LogP contribution >= 0.6 is 0 Å². The third-order valence-electron chi connectivity index (χ3n) is 4.52. The van der Waals surface area contributed by atoms with Gasteiger partial charge < -0.3 is 10.1 Å². The number of ether oxygens (including phenoxy) is 1. The lowest BCUT2D eigenvalue weighted by molar-refractivity contribution is 0.0991. The van der Waals surface area contributed by atoms with Gasteiger partial charge in [-0.25, -0.2) is 0 Å². The molecule has 1 saturated carbocycles. The first-order valence-electron chi connectivity index (χ1n) is 8.11. The minimum atomic E-state index is 0.500. The van der Waals surface area contributed by atoms with Crippen LogP contribution in [0.15, 0.2) is 0 Å². The molecule has 0 bridgehead atoms. The number of likely N-dealkylation sites (N-methyl/N-ethyl adjacent to an activating group) is 1. The van der Waals surface area contributed by atoms with E-state index in [1.54, 1.807) is 7.11 Å². The molecular formula is C16H34N2O. The van der Waals surface area contributed by atoms with Crippen LogP contribution in [-0.2, 0) is 4.74 Å². The van der Waals surface area contributed by atoms with Gasteiger partial charge in [-0.05, 0) is 45.7 Å². The summed E-state index contributed by atoms with van der Waals surface area (Å²) in [6.07, 6.45) is 8.33. The van der Waals surface area contributed by atoms with Crippen LogP contribution in [0.25, 0.3) is 0 Å². The number of rotatable bonds is 9. The van der Waals surface area contributed by atoms with Crippen LogP contribution in [0.3, 0.4) is 0 Å². The highest BCUT2D eigenvalue weighted by molar-refractivity contribution is 4.82. The summed E-state index contributed by atoms with van der Waals surface area (Å²) in [6.45, 7) is 7.62. The van der Waals surface area contributed by atoms with Crippen molar-refractivity contribution < 1.29 is 4.74 Å². The van der Waals surface area contributed by atoms with Gasteiger partial charge in [0.1, 0.15) is 0 Å². The molecule has 2 unspecified atom stereocenters. The van der Waals surface area contributed by atoms with Gasteiger partial charge in [-0.2, -0.15) is 0 Å². The van der Waals surface area contributed by atoms with Crippen molar-refractivity contribution in [2.24, 2.45) is 5.92 Å². The maximum Gasteiger partial charge on any atom is 0.0615 e. The first-order chi connectivity index (χ1) is 9.19. The first-order valence-corrected chi connectivity index (χ1v) is 8.11. The van der Waals surface area contributed by atoms with E-state index in [9.17, 15) is 0 Å². The number of nitrogens with zero attached hydrogens (tertiary/aromatic N) is 1. The second kappa shape index (κ2) is 9.73. The number of nitrogens with one attached hydrogen (secondary N) is 1. The molecule has 3 heteroatoms. The first kappa shape index (κ1) is 16.9. The Balaban J connectivity index is 2.47. The van der Waals surface area contributed by atoms with E-state index < -0.39 is 0 Å². The summed E-state index contributed by atoms with van der Waals surface area (Å²) in [4.78, 5) is 2.45. The third-order valence-corrected chi connectivity index (χ3v) is 4.52. The lowest BCUT2D eigenvalue weighted by atomic mass is 9.83. The van der Waals surface area contributed by atoms with E-state index >= 15 is 0 Å². The van der Waals surface area contributed by atoms with E-state index in [0.29, 0.717) is 12.1 Å². The molecular weight excluding hydrogens is 236 g/mol. The SMILES string of the molecule is CCCNC(CN(C)C(C)COC)C1CCCCC1. The molecule has 3 nitrogen and oxygen atoms in total. The third kappa shape index (κ3) is 6.24. The van der Waals surface area contributed by atoms with Crippen LogP contribution < -0.4 is 5.32 Å². The minimum absolute atomic E-state index is 0.500. The Bertz CT molecular complexity index is 217. The average Bonchev–Trinajstić information content (AvgIpc) is 2.44. The van der Waals surface area contributed by atoms with Gasteiger partial charge in [-0.15, -0.1) is 0 Å². The zero-order valence-corrected chi connectivity index (χ0v) is 13.5. The molecule has 0 radical (unpaired) electrons. The second-order valence-electron chi connectivity index (χ2n) is 6.20. The van der Waals surface area contributed by atoms with Gasteiger partial charge in [-0.1, -0.05) is 26.2 Å². The summed E-state index contributed by atoms with van der Waals surface area (Å²) in [5.41, 5.74) is 0. The summed E-state index contributed by atoms with van der Waals surface area (Å²) >= 11 is 0. The zero-order chi connectivity index (χ0) is 14.1. The summed E-state index contributed by atoms with van der Waals surface area (Å²) < 4.78 is 5.27. The van der Waals surface area contributed by atoms with Crippen LogP contribution in [0.2, 0.25) is 0 Å². The number of methoxy groups -OCH3 is 1. The van der Waals surface area contributed by atoms with Crippen molar-refractivity contribution in [2.45, 2.75) is 64.5 Å². The van der Waals surface area contributed by atoms with Crippen molar-refractivity contribution in [3.05, 3.63) is 0 Å². The molecule has 1 aliphatic carbocycles. The monoisotopic (exact) mass is 270 g/mol. The predicted molar refractivity (Wildman–Crippen MR) is 82.6 cm³/mol. The van der Waals surface area contributed by atoms with E-state index in [4.69, 9.17) is 4.74 Å². The maximum atomic E-state index is 5.27. The molecule has 0 aromatic rings. The minimum Gasteiger partial charge on any atom is -0.383 e. The summed E-state index contributed by atoms with van der Waals surface area (Å²) in [7, 11) is 4.02. The Labute approximate surface area is 120 Å². The van der Waals surface area contributed by atoms with Crippen molar-refractivity contribution in [2.75, 3.05) is 33.9 Å². The standard InChI is InChI=1S/C16H34N2O/c1-5-11-17-16(15-9-7-6-8-10-15)12-18(3)14(2)13-19-4/h14-17H,5-13H2,1-4H3. The molecule has 114 valence electrons. The molecule has 0 saturated heterocycles. The van der Waals surface area contributed by atoms with Gasteiger partial charge in [-0.3, -0.25) is 4.90 Å². The molecule has 2 atom stereocenters. The molecule has 19 heavy (non-hydrogen) atoms. The molecule has 0 aliphatic heterocycles. The molecule has 0 amide bonds. The van der Waals surface area contributed by atoms with Gasteiger partial charge in [0.25, 0.3) is 0 Å². The molecule has 0 aromatic carbocycles. The van der Waals surface area contributed by atoms with Crippen molar-refractivity contribution in [3.63, 3.8) is 0 Å². The molecule has 1 aliphatic rings. The Kier molecular flexibility index (Phi) is 8.67. The van der Waals surface area contributed by atoms with E-state index in [-0.39, 0.29) is 0 Å². The van der Waals surface area contributed by atoms with Crippen molar-refractivity contribution in [3.8, 4) is 0 Å². The van der Waals surface area contributed by atoms with E-state index in [1.165, 1.54) is 38.5 Å². The van der Waals surface area contributed by atoms with Crippen molar-refractivity contribution in [1.29, 1.82) is 0 Å². The number of hydrogen-bond donors (Lipinski definition) is 1. The summed E-state index contributed by atoms with van der Waals surface area (Å²) in [5, 5.41) is 3.78. The Morgan fingerprint density at radius 1 is 1.26 bits per heavy atom. The lowest BCUT2D eigenvalue weighted by Gasteiger charge is -2.35. The summed E-state index contributed by atoms with van der Waals surface area (Å²) in [5.74, 6) is 0.873. The van der Waals surface area contributed by atoms with Crippen molar-refractivity contribution in [1.82, 2.24) is 10.2 Å². The molecule has 1 fully saturated rings. The fraction of sp³-hybridized carbons (Fsp3) is 1.00. The van der Waals surface area contributed by atoms with Gasteiger partial charge >= 0.3 is 0 Å². The largest absolute Gasteiger partial charge is 0.383 e. The van der Waals surface area contributed by atoms with Crippen LogP contribution in [0, 0.1) is 5.92 Å². The van der Waals surface area contributed by atoms with Gasteiger partial charge in [0, 0.05) is 25.7 Å². The zero-order valence-electron chi connectivity index (χ0n) is 13.5. The predicted octanol–water partition coefficient (Wildman–Crippen LogP) is 2.90. The quantitative estimate of drug-likeness (QED) is 0.697. The molecule has 0 aromatic heterocycles. The van der Waals surface area contributed by atoms with E-state index in [1.807, 2.05) is 0 Å². The lowest BCUT2D eigenvalue weighted by Crippen LogP contribution is -2.48. The second-order valence-corrected chi connectivity index (χ2v) is 6.20. The fourth-order valence-corrected chi connectivity index (χ4v) is 3.11. The Hall–Kier alpha value is -0.120. The smallest absolute Gasteiger partial charge is 0.0615 e. The van der Waals surface area contributed by atoms with Crippen LogP contribution in [-0.4, -0.2) is 50.8 Å². The Morgan fingerprint density at radius 2 is 1.95 bits per heavy atom. The van der Waals surface area contributed by atoms with Crippen LogP contribution in [0.4, 0.5) is 0 Å². The highest BCUT2D eigenvalue weighted by atomic mass is 16.5. The van der Waals surface area contributed by atoms with Gasteiger partial charge in [0.15, 0.2) is 0 Å². The highest BCUT2D eigenvalue weighted by Gasteiger charge is 2.25. The van der Waals surface area contributed by atoms with Crippen LogP contribution in [0.1, 0.15) is 52.4 Å². The molecule has 0 spiro atoms. The normalized spacial score (nSPS) is 20.7. The van der Waals surface area contributed by atoms with Gasteiger partial charge in [0.05, 0.1) is 6.61 Å². The highest BCUT2D eigenvalue weighted by Crippen LogP contribution is 2.27. The fourth-order valence-electron chi connectivity index (χ4n) is 3.11. The molecule has 1 rings (SSSR count). The average molecular weight is 270 g/mol. The van der Waals surface area contributed by atoms with Crippen molar-refractivity contribution >= 4 is 0 Å². The maximum absolute atomic E-state index is 5.27. The number of hydrogen-bond acceptors (Lipinski definition) is 3. The topological polar surface area (TPSA) is 24.5 Å².